The molecule has 0 bridgehead atoms. The molecule has 0 aliphatic heterocycles. The molecule has 4 N–H and O–H groups in total. The van der Waals surface area contributed by atoms with Crippen molar-refractivity contribution in [3.05, 3.63) is 129 Å². The van der Waals surface area contributed by atoms with Crippen molar-refractivity contribution in [2.75, 3.05) is 0 Å². The van der Waals surface area contributed by atoms with Gasteiger partial charge in [-0.2, -0.15) is 0 Å². The average molecular weight is 1150 g/mol. The SMILES string of the molecule is C.C.C.CC1C(C)C(C)C(C)C1C.CC1C(C)C(C)C(C)C1C.O.O.O=c1cccc(-c2cccc(=O)[n-]2)[n-]1.O=c1cccc(-c2cccc(=O)[n-]2)[n-]1.[CH3-].[CH3-].[Ir+3].[Ir+3]. The zero-order chi connectivity index (χ0) is 35.7. The maximum Gasteiger partial charge on any atom is 3.00 e. The third-order valence-corrected chi connectivity index (χ3v) is 11.7. The Morgan fingerprint density at radius 1 is 0.316 bits per heavy atom. The van der Waals surface area contributed by atoms with Gasteiger partial charge in [-0.1, -0.05) is 140 Å². The van der Waals surface area contributed by atoms with Crippen LogP contribution in [0.1, 0.15) is 91.5 Å². The Labute approximate surface area is 371 Å². The van der Waals surface area contributed by atoms with Crippen molar-refractivity contribution in [3.8, 4) is 22.8 Å². The third kappa shape index (κ3) is 19.1. The predicted octanol–water partition coefficient (Wildman–Crippen LogP) is 7.49. The van der Waals surface area contributed by atoms with Crippen LogP contribution in [0.2, 0.25) is 0 Å². The second-order valence-electron chi connectivity index (χ2n) is 14.0. The fourth-order valence-electron chi connectivity index (χ4n) is 7.02. The van der Waals surface area contributed by atoms with E-state index in [-0.39, 0.29) is 111 Å². The monoisotopic (exact) mass is 1150 g/mol. The van der Waals surface area contributed by atoms with Crippen LogP contribution in [-0.2, 0) is 40.2 Å². The van der Waals surface area contributed by atoms with Gasteiger partial charge in [-0.05, 0) is 83.4 Å². The standard InChI is InChI=1S/2C10H8N2O2.2C10H20.3CH4.2CH3.2Ir.2H2O/c2*13-9-5-1-3-7(11-9)8-4-2-6-10(14)12-8;2*1-6-7(2)9(4)10(5)8(6)3;;;;;;;;;/h2*1-6H,(H2,11,12,13,14);2*6-10H,1-5H3;3*1H4;2*1H3;;;2*1H2/q;;;;;;;2*-1;2*+3;;/p-4. The van der Waals surface area contributed by atoms with Gasteiger partial charge in [0.1, 0.15) is 0 Å². The Morgan fingerprint density at radius 3 is 0.544 bits per heavy atom. The van der Waals surface area contributed by atoms with Crippen molar-refractivity contribution in [1.82, 2.24) is 19.9 Å². The first-order chi connectivity index (χ1) is 22.6. The van der Waals surface area contributed by atoms with Gasteiger partial charge >= 0.3 is 40.2 Å². The van der Waals surface area contributed by atoms with Gasteiger partial charge in [0.05, 0.1) is 22.2 Å². The zero-order valence-corrected chi connectivity index (χ0v) is 38.6. The molecule has 0 spiro atoms. The fraction of sp³-hybridized carbons (Fsp3) is 0.511. The van der Waals surface area contributed by atoms with Crippen LogP contribution < -0.4 is 42.2 Å². The van der Waals surface area contributed by atoms with E-state index in [4.69, 9.17) is 0 Å². The Balaban J connectivity index is -0.000000112. The summed E-state index contributed by atoms with van der Waals surface area (Å²) in [5.74, 6) is 9.35. The van der Waals surface area contributed by atoms with E-state index in [1.807, 2.05) is 0 Å². The fourth-order valence-corrected chi connectivity index (χ4v) is 7.02. The van der Waals surface area contributed by atoms with Crippen molar-refractivity contribution in [2.45, 2.75) is 91.5 Å². The van der Waals surface area contributed by atoms with Crippen LogP contribution in [0.3, 0.4) is 0 Å². The summed E-state index contributed by atoms with van der Waals surface area (Å²) in [7, 11) is 0. The molecule has 2 aliphatic carbocycles. The quantitative estimate of drug-likeness (QED) is 0.185. The summed E-state index contributed by atoms with van der Waals surface area (Å²) in [6.07, 6.45) is 0. The number of rotatable bonds is 2. The van der Waals surface area contributed by atoms with Crippen molar-refractivity contribution in [1.29, 1.82) is 0 Å². The molecule has 4 aromatic heterocycles. The molecule has 12 heteroatoms. The van der Waals surface area contributed by atoms with E-state index in [1.54, 1.807) is 48.5 Å². The summed E-state index contributed by atoms with van der Waals surface area (Å²) in [4.78, 5) is 58.6. The van der Waals surface area contributed by atoms with Crippen LogP contribution in [0.15, 0.2) is 92.0 Å². The molecule has 57 heavy (non-hydrogen) atoms. The van der Waals surface area contributed by atoms with Crippen molar-refractivity contribution >= 4 is 0 Å². The smallest absolute Gasteiger partial charge is 0.624 e. The summed E-state index contributed by atoms with van der Waals surface area (Å²) in [5, 5.41) is 0. The molecule has 0 aromatic carbocycles. The van der Waals surface area contributed by atoms with Crippen LogP contribution in [0, 0.1) is 74.0 Å². The maximum absolute atomic E-state index is 10.9. The molecular weight excluding hydrogens is 1080 g/mol. The van der Waals surface area contributed by atoms with Gasteiger partial charge in [0.2, 0.25) is 0 Å². The topological polar surface area (TPSA) is 188 Å². The number of nitrogens with zero attached hydrogens (tertiary/aromatic N) is 4. The number of pyridine rings is 4. The largest absolute Gasteiger partial charge is 3.00 e. The van der Waals surface area contributed by atoms with Crippen molar-refractivity contribution in [3.63, 3.8) is 0 Å². The molecular formula is C45H74Ir2N4O6. The molecule has 2 saturated carbocycles. The molecule has 0 radical (unpaired) electrons. The molecule has 6 rings (SSSR count). The van der Waals surface area contributed by atoms with Crippen molar-refractivity contribution < 1.29 is 51.2 Å². The Kier molecular flexibility index (Phi) is 38.5. The van der Waals surface area contributed by atoms with Crippen molar-refractivity contribution in [2.24, 2.45) is 59.2 Å². The molecule has 4 aromatic rings. The minimum Gasteiger partial charge on any atom is -0.624 e. The Bertz CT molecular complexity index is 1520. The summed E-state index contributed by atoms with van der Waals surface area (Å²) in [6, 6.07) is 18.3. The first-order valence-electron chi connectivity index (χ1n) is 17.2. The van der Waals surface area contributed by atoms with E-state index in [0.717, 1.165) is 59.2 Å². The predicted molar refractivity (Wildman–Crippen MR) is 234 cm³/mol. The van der Waals surface area contributed by atoms with E-state index in [1.165, 1.54) is 24.3 Å². The first-order valence-corrected chi connectivity index (χ1v) is 17.2. The number of hydrogen-bond donors (Lipinski definition) is 0. The van der Waals surface area contributed by atoms with Gasteiger partial charge in [0, 0.05) is 0 Å². The molecule has 0 atom stereocenters. The van der Waals surface area contributed by atoms with Gasteiger partial charge in [0.25, 0.3) is 0 Å². The molecule has 328 valence electrons. The van der Waals surface area contributed by atoms with Gasteiger partial charge in [-0.25, -0.2) is 0 Å². The number of aromatic nitrogens is 4. The third-order valence-electron chi connectivity index (χ3n) is 11.7. The van der Waals surface area contributed by atoms with Gasteiger partial charge in [0.15, 0.2) is 0 Å². The molecule has 4 heterocycles. The van der Waals surface area contributed by atoms with E-state index in [9.17, 15) is 19.2 Å². The minimum absolute atomic E-state index is 0. The average Bonchev–Trinajstić information content (AvgIpc) is 3.35. The summed E-state index contributed by atoms with van der Waals surface area (Å²) in [6.45, 7) is 24.0. The number of hydrogen-bond acceptors (Lipinski definition) is 4. The second kappa shape index (κ2) is 31.9. The normalized spacial score (nSPS) is 24.4. The van der Waals surface area contributed by atoms with Gasteiger partial charge < -0.3 is 64.9 Å². The molecule has 2 aliphatic rings. The zero-order valence-electron chi connectivity index (χ0n) is 33.8. The molecule has 0 unspecified atom stereocenters. The van der Waals surface area contributed by atoms with Crippen LogP contribution in [-0.4, -0.2) is 11.0 Å². The summed E-state index contributed by atoms with van der Waals surface area (Å²) < 4.78 is 0. The van der Waals surface area contributed by atoms with E-state index >= 15 is 0 Å². The maximum atomic E-state index is 10.9. The van der Waals surface area contributed by atoms with Crippen LogP contribution in [0.5, 0.6) is 0 Å². The minimum atomic E-state index is -0.333. The second-order valence-corrected chi connectivity index (χ2v) is 14.0. The van der Waals surface area contributed by atoms with Gasteiger partial charge in [-0.3, -0.25) is 0 Å². The van der Waals surface area contributed by atoms with E-state index in [0.29, 0.717) is 22.8 Å². The molecule has 2 fully saturated rings. The van der Waals surface area contributed by atoms with Crippen LogP contribution in [0.4, 0.5) is 0 Å². The van der Waals surface area contributed by atoms with Crippen LogP contribution in [0.25, 0.3) is 22.8 Å². The van der Waals surface area contributed by atoms with E-state index < -0.39 is 0 Å². The Morgan fingerprint density at radius 2 is 0.439 bits per heavy atom. The molecule has 0 amide bonds. The van der Waals surface area contributed by atoms with E-state index in [2.05, 4.69) is 89.2 Å². The Hall–Kier alpha value is -2.98. The molecule has 0 saturated heterocycles. The first kappa shape index (κ1) is 68.7. The summed E-state index contributed by atoms with van der Waals surface area (Å²) >= 11 is 0. The summed E-state index contributed by atoms with van der Waals surface area (Å²) in [5.41, 5.74) is 0.373. The van der Waals surface area contributed by atoms with Gasteiger partial charge in [-0.15, -0.1) is 22.8 Å². The molecule has 10 nitrogen and oxygen atoms in total. The van der Waals surface area contributed by atoms with Crippen LogP contribution >= 0.6 is 0 Å².